The SMILES string of the molecule is COC(=O)CCC1=C(CC(=O)OC)c2cc3[nH]c(cc4[nH]c(c(Br)c5nc(c(Br)c1n2)C(C)=C5CCC(=O)OC)c(CC(=O)OC)c4CCC(=O)OC)c(C)c3CCC(=O)OC. The fourth-order valence-electron chi connectivity index (χ4n) is 7.53. The largest absolute Gasteiger partial charge is 0.469 e. The first-order valence-corrected chi connectivity index (χ1v) is 21.2. The summed E-state index contributed by atoms with van der Waals surface area (Å²) < 4.78 is 31.1. The zero-order valence-electron chi connectivity index (χ0n) is 35.8. The summed E-state index contributed by atoms with van der Waals surface area (Å²) in [6, 6.07) is 3.65. The Labute approximate surface area is 374 Å². The van der Waals surface area contributed by atoms with Crippen molar-refractivity contribution in [2.24, 2.45) is 0 Å². The van der Waals surface area contributed by atoms with Gasteiger partial charge in [0.2, 0.25) is 0 Å². The van der Waals surface area contributed by atoms with E-state index in [2.05, 4.69) is 41.8 Å². The Morgan fingerprint density at radius 2 is 0.984 bits per heavy atom. The molecule has 62 heavy (non-hydrogen) atoms. The molecule has 0 fully saturated rings. The lowest BCUT2D eigenvalue weighted by Gasteiger charge is -2.09. The van der Waals surface area contributed by atoms with Crippen LogP contribution in [-0.2, 0) is 76.5 Å². The third-order valence-electron chi connectivity index (χ3n) is 10.9. The van der Waals surface area contributed by atoms with Crippen molar-refractivity contribution in [3.8, 4) is 0 Å². The number of allylic oxidation sites excluding steroid dienone is 3. The van der Waals surface area contributed by atoms with Crippen LogP contribution in [0.25, 0.3) is 44.4 Å². The fourth-order valence-corrected chi connectivity index (χ4v) is 8.91. The third-order valence-corrected chi connectivity index (χ3v) is 12.5. The number of hydrogen-bond acceptors (Lipinski definition) is 14. The number of esters is 6. The number of aromatic amines is 2. The highest BCUT2D eigenvalue weighted by Gasteiger charge is 2.30. The van der Waals surface area contributed by atoms with E-state index < -0.39 is 35.8 Å². The van der Waals surface area contributed by atoms with Crippen LogP contribution in [0.2, 0.25) is 0 Å². The summed E-state index contributed by atoms with van der Waals surface area (Å²) in [4.78, 5) is 93.8. The molecule has 0 saturated carbocycles. The average molecular weight is 985 g/mol. The molecule has 18 heteroatoms. The van der Waals surface area contributed by atoms with E-state index >= 15 is 0 Å². The monoisotopic (exact) mass is 982 g/mol. The molecule has 2 aliphatic rings. The van der Waals surface area contributed by atoms with E-state index in [9.17, 15) is 28.8 Å². The molecule has 0 amide bonds. The summed E-state index contributed by atoms with van der Waals surface area (Å²) in [5.74, 6) is -2.86. The van der Waals surface area contributed by atoms with Crippen LogP contribution >= 0.6 is 31.9 Å². The minimum Gasteiger partial charge on any atom is -0.469 e. The highest BCUT2D eigenvalue weighted by molar-refractivity contribution is 9.11. The number of carbonyl (C=O) groups is 6. The van der Waals surface area contributed by atoms with Crippen molar-refractivity contribution in [1.29, 1.82) is 0 Å². The van der Waals surface area contributed by atoms with Crippen LogP contribution in [0, 0.1) is 6.92 Å². The quantitative estimate of drug-likeness (QED) is 0.106. The first-order valence-electron chi connectivity index (χ1n) is 19.6. The minimum absolute atomic E-state index is 0.0102. The van der Waals surface area contributed by atoms with Gasteiger partial charge >= 0.3 is 35.8 Å². The van der Waals surface area contributed by atoms with Gasteiger partial charge in [-0.3, -0.25) is 28.8 Å². The number of nitrogens with zero attached hydrogens (tertiary/aromatic N) is 2. The number of halogens is 2. The van der Waals surface area contributed by atoms with Gasteiger partial charge in [-0.2, -0.15) is 0 Å². The van der Waals surface area contributed by atoms with Gasteiger partial charge in [0.15, 0.2) is 0 Å². The zero-order valence-corrected chi connectivity index (χ0v) is 38.9. The second kappa shape index (κ2) is 21.0. The van der Waals surface area contributed by atoms with Crippen LogP contribution in [0.1, 0.15) is 96.9 Å². The molecule has 0 aliphatic carbocycles. The van der Waals surface area contributed by atoms with Crippen LogP contribution < -0.4 is 0 Å². The maximum atomic E-state index is 13.1. The lowest BCUT2D eigenvalue weighted by Crippen LogP contribution is -2.08. The van der Waals surface area contributed by atoms with Crippen molar-refractivity contribution < 1.29 is 57.2 Å². The van der Waals surface area contributed by atoms with Crippen molar-refractivity contribution in [2.45, 2.75) is 78.1 Å². The highest BCUT2D eigenvalue weighted by Crippen LogP contribution is 2.45. The molecule has 5 rings (SSSR count). The first-order chi connectivity index (χ1) is 29.6. The molecule has 0 spiro atoms. The molecule has 3 aromatic rings. The van der Waals surface area contributed by atoms with Crippen molar-refractivity contribution >= 4 is 112 Å². The summed E-state index contributed by atoms with van der Waals surface area (Å²) in [6.45, 7) is 3.75. The smallest absolute Gasteiger partial charge is 0.310 e. The number of carbonyl (C=O) groups excluding carboxylic acids is 6. The summed E-state index contributed by atoms with van der Waals surface area (Å²) in [7, 11) is 7.80. The van der Waals surface area contributed by atoms with Gasteiger partial charge in [-0.25, -0.2) is 9.97 Å². The molecular formula is C44H48Br2N4O12. The van der Waals surface area contributed by atoms with Crippen molar-refractivity contribution in [3.05, 3.63) is 66.1 Å². The Balaban J connectivity index is 2.06. The van der Waals surface area contributed by atoms with Crippen molar-refractivity contribution in [2.75, 3.05) is 42.7 Å². The van der Waals surface area contributed by atoms with E-state index in [4.69, 9.17) is 38.4 Å². The highest BCUT2D eigenvalue weighted by atomic mass is 79.9. The Bertz CT molecular complexity index is 2570. The number of hydrogen-bond donors (Lipinski definition) is 2. The van der Waals surface area contributed by atoms with Gasteiger partial charge in [-0.05, 0) is 128 Å². The first kappa shape index (κ1) is 47.4. The van der Waals surface area contributed by atoms with Gasteiger partial charge in [0.1, 0.15) is 0 Å². The molecule has 0 atom stereocenters. The lowest BCUT2D eigenvalue weighted by molar-refractivity contribution is -0.141. The average Bonchev–Trinajstić information content (AvgIpc) is 3.98. The molecule has 8 bridgehead atoms. The van der Waals surface area contributed by atoms with Gasteiger partial charge in [-0.1, -0.05) is 0 Å². The topological polar surface area (TPSA) is 215 Å². The van der Waals surface area contributed by atoms with Gasteiger partial charge in [-0.15, -0.1) is 0 Å². The molecule has 0 unspecified atom stereocenters. The molecule has 5 heterocycles. The number of nitrogens with one attached hydrogen (secondary N) is 2. The minimum atomic E-state index is -0.541. The second-order valence-corrected chi connectivity index (χ2v) is 16.0. The van der Waals surface area contributed by atoms with Crippen LogP contribution in [0.15, 0.2) is 21.1 Å². The standard InChI is InChI=1S/C44H48Br2N4O12/c1-21-23(9-13-33(51)57-3)30-20-32-27(17-37(55)61-7)26(12-16-36(54)60-6)43(49-32)39(45)41-22(2)24(10-14-34(52)58-4)42(50-41)40(46)44-28(18-38(56)62-8)25(11-15-35(53)59-5)31(48-44)19-29(21)47-30/h19-20,47-48H,9-18H2,1-8H3. The molecule has 0 saturated heterocycles. The summed E-state index contributed by atoms with van der Waals surface area (Å²) in [6.07, 6.45) is 0.449. The van der Waals surface area contributed by atoms with E-state index in [1.807, 2.05) is 19.9 Å². The van der Waals surface area contributed by atoms with E-state index in [1.54, 1.807) is 6.07 Å². The lowest BCUT2D eigenvalue weighted by atomic mass is 9.96. The predicted octanol–water partition coefficient (Wildman–Crippen LogP) is 7.39. The summed E-state index contributed by atoms with van der Waals surface area (Å²) in [5.41, 5.74) is 9.08. The molecule has 2 aliphatic heterocycles. The van der Waals surface area contributed by atoms with Crippen LogP contribution in [0.5, 0.6) is 0 Å². The molecule has 330 valence electrons. The van der Waals surface area contributed by atoms with Crippen molar-refractivity contribution in [1.82, 2.24) is 19.9 Å². The fraction of sp³-hybridized carbons (Fsp3) is 0.409. The number of rotatable bonds is 16. The van der Waals surface area contributed by atoms with Crippen LogP contribution in [0.4, 0.5) is 0 Å². The summed E-state index contributed by atoms with van der Waals surface area (Å²) >= 11 is 7.67. The molecule has 16 nitrogen and oxygen atoms in total. The van der Waals surface area contributed by atoms with Gasteiger partial charge < -0.3 is 38.4 Å². The van der Waals surface area contributed by atoms with E-state index in [-0.39, 0.29) is 64.2 Å². The number of aryl methyl sites for hydroxylation is 3. The normalized spacial score (nSPS) is 12.3. The number of methoxy groups -OCH3 is 6. The van der Waals surface area contributed by atoms with E-state index in [1.165, 1.54) is 42.7 Å². The second-order valence-electron chi connectivity index (χ2n) is 14.4. The predicted molar refractivity (Wildman–Crippen MR) is 236 cm³/mol. The zero-order chi connectivity index (χ0) is 45.4. The molecule has 2 N–H and O–H groups in total. The number of fused-ring (bicyclic) bond motifs is 8. The van der Waals surface area contributed by atoms with Gasteiger partial charge in [0, 0.05) is 42.2 Å². The Kier molecular flexibility index (Phi) is 16.0. The van der Waals surface area contributed by atoms with Gasteiger partial charge in [0.25, 0.3) is 0 Å². The molecule has 0 aromatic carbocycles. The Morgan fingerprint density at radius 1 is 0.500 bits per heavy atom. The summed E-state index contributed by atoms with van der Waals surface area (Å²) in [5, 5.41) is 0. The molecule has 3 aromatic heterocycles. The Hall–Kier alpha value is -5.62. The van der Waals surface area contributed by atoms with Crippen LogP contribution in [0.3, 0.4) is 0 Å². The van der Waals surface area contributed by atoms with Crippen LogP contribution in [-0.4, -0.2) is 98.4 Å². The van der Waals surface area contributed by atoms with Crippen molar-refractivity contribution in [3.63, 3.8) is 0 Å². The van der Waals surface area contributed by atoms with Gasteiger partial charge in [0.05, 0.1) is 92.7 Å². The molecular weight excluding hydrogens is 936 g/mol. The number of aromatic nitrogens is 4. The van der Waals surface area contributed by atoms with E-state index in [0.29, 0.717) is 87.2 Å². The number of H-pyrrole nitrogens is 2. The molecule has 0 radical (unpaired) electrons. The van der Waals surface area contributed by atoms with E-state index in [0.717, 1.165) is 11.1 Å². The maximum Gasteiger partial charge on any atom is 0.310 e. The maximum absolute atomic E-state index is 13.1. The Morgan fingerprint density at radius 3 is 1.55 bits per heavy atom. The number of ether oxygens (including phenoxy) is 6. The third kappa shape index (κ3) is 10.3.